The number of aliphatic imine (C=N–C) groups is 1. The van der Waals surface area contributed by atoms with Crippen molar-refractivity contribution < 1.29 is 19.4 Å². The number of hydrogen-bond donors (Lipinski definition) is 3. The number of aliphatic hydroxyl groups excluding tert-OH is 1. The van der Waals surface area contributed by atoms with Crippen molar-refractivity contribution >= 4 is 11.8 Å². The van der Waals surface area contributed by atoms with Crippen LogP contribution in [0.5, 0.6) is 5.75 Å². The second-order valence-corrected chi connectivity index (χ2v) is 13.1. The molecule has 0 radical (unpaired) electrons. The Kier molecular flexibility index (Phi) is 10.6. The van der Waals surface area contributed by atoms with E-state index in [0.717, 1.165) is 40.7 Å². The van der Waals surface area contributed by atoms with Crippen molar-refractivity contribution in [3.8, 4) is 16.9 Å². The molecule has 0 aromatic heterocycles. The van der Waals surface area contributed by atoms with Gasteiger partial charge in [-0.1, -0.05) is 108 Å². The molecule has 52 heavy (non-hydrogen) atoms. The van der Waals surface area contributed by atoms with Gasteiger partial charge in [-0.2, -0.15) is 0 Å². The van der Waals surface area contributed by atoms with Crippen LogP contribution in [-0.4, -0.2) is 41.7 Å². The van der Waals surface area contributed by atoms with Gasteiger partial charge in [-0.25, -0.2) is 10.4 Å². The van der Waals surface area contributed by atoms with E-state index in [4.69, 9.17) is 25.1 Å². The number of carbonyl (C=O) groups is 1. The number of rotatable bonds is 14. The maximum absolute atomic E-state index is 14.9. The minimum atomic E-state index is -1.45. The number of nitrogens with one attached hydrogen (secondary N) is 2. The van der Waals surface area contributed by atoms with Gasteiger partial charge in [-0.05, 0) is 81.6 Å². The number of carbonyl (C=O) groups excluding carboxylic acids is 1. The van der Waals surface area contributed by atoms with E-state index in [1.807, 2.05) is 103 Å². The molecule has 0 fully saturated rings. The lowest BCUT2D eigenvalue weighted by Crippen LogP contribution is -2.56. The Morgan fingerprint density at radius 1 is 0.846 bits per heavy atom. The van der Waals surface area contributed by atoms with Gasteiger partial charge in [0.2, 0.25) is 5.90 Å². The zero-order valence-corrected chi connectivity index (χ0v) is 28.7. The smallest absolute Gasteiger partial charge is 0.266 e. The molecule has 1 aliphatic heterocycles. The van der Waals surface area contributed by atoms with Crippen molar-refractivity contribution in [3.05, 3.63) is 171 Å². The largest absolute Gasteiger partial charge is 0.494 e. The first kappa shape index (κ1) is 34.5. The Morgan fingerprint density at radius 3 is 2.17 bits per heavy atom. The van der Waals surface area contributed by atoms with E-state index in [1.54, 1.807) is 0 Å². The topological polar surface area (TPSA) is 141 Å². The predicted molar refractivity (Wildman–Crippen MR) is 201 cm³/mol. The SMILES string of the molecule is [N-]=[N+]=NCc1ccccc1C[C@]1(C(=O)NNC2Cc3ccccc3C2)N=C(c2ccc(OCCCO)cc2)O[C@H]1c1ccc(-c2ccccc2)cc1. The molecule has 3 N–H and O–H groups in total. The molecule has 1 heterocycles. The highest BCUT2D eigenvalue weighted by Crippen LogP contribution is 2.43. The van der Waals surface area contributed by atoms with Gasteiger partial charge in [0.05, 0.1) is 13.2 Å². The molecule has 2 aliphatic rings. The second kappa shape index (κ2) is 16.0. The first-order valence-electron chi connectivity index (χ1n) is 17.5. The fraction of sp³-hybridized carbons (Fsp3) is 0.238. The Hall–Kier alpha value is -5.93. The summed E-state index contributed by atoms with van der Waals surface area (Å²) in [5.41, 5.74) is 21.8. The number of aliphatic hydroxyl groups is 1. The van der Waals surface area contributed by atoms with Crippen LogP contribution in [0, 0.1) is 0 Å². The predicted octanol–water partition coefficient (Wildman–Crippen LogP) is 7.21. The Labute approximate surface area is 302 Å². The van der Waals surface area contributed by atoms with Gasteiger partial charge < -0.3 is 14.6 Å². The molecule has 1 amide bonds. The number of amides is 1. The quantitative estimate of drug-likeness (QED) is 0.0371. The van der Waals surface area contributed by atoms with Crippen LogP contribution in [0.2, 0.25) is 0 Å². The van der Waals surface area contributed by atoms with Gasteiger partial charge in [0.15, 0.2) is 11.6 Å². The van der Waals surface area contributed by atoms with Crippen LogP contribution in [0.15, 0.2) is 138 Å². The molecule has 5 aromatic rings. The van der Waals surface area contributed by atoms with E-state index in [9.17, 15) is 4.79 Å². The number of azide groups is 1. The lowest BCUT2D eigenvalue weighted by atomic mass is 9.80. The lowest BCUT2D eigenvalue weighted by Gasteiger charge is -2.32. The summed E-state index contributed by atoms with van der Waals surface area (Å²) in [6, 6.07) is 41.6. The van der Waals surface area contributed by atoms with Gasteiger partial charge in [-0.15, -0.1) is 0 Å². The summed E-state index contributed by atoms with van der Waals surface area (Å²) < 4.78 is 12.5. The van der Waals surface area contributed by atoms with Crippen LogP contribution in [-0.2, 0) is 35.3 Å². The summed E-state index contributed by atoms with van der Waals surface area (Å²) in [5, 5.41) is 13.0. The normalized spacial score (nSPS) is 17.8. The summed E-state index contributed by atoms with van der Waals surface area (Å²) in [7, 11) is 0. The van der Waals surface area contributed by atoms with Gasteiger partial charge >= 0.3 is 0 Å². The molecular formula is C42H40N6O4. The van der Waals surface area contributed by atoms with Crippen molar-refractivity contribution in [3.63, 3.8) is 0 Å². The maximum atomic E-state index is 14.9. The second-order valence-electron chi connectivity index (χ2n) is 13.1. The van der Waals surface area contributed by atoms with Crippen LogP contribution in [0.3, 0.4) is 0 Å². The average Bonchev–Trinajstić information content (AvgIpc) is 3.80. The van der Waals surface area contributed by atoms with Crippen LogP contribution < -0.4 is 15.6 Å². The number of benzene rings is 5. The van der Waals surface area contributed by atoms with Gasteiger partial charge in [0, 0.05) is 36.0 Å². The number of hydrazine groups is 1. The van der Waals surface area contributed by atoms with E-state index in [0.29, 0.717) is 30.2 Å². The standard InChI is InChI=1S/C42H40N6O4/c43-48-44-28-36-14-7-6-13-35(36)27-42(41(50)47-46-37-25-33-11-4-5-12-34(33)26-37)39(31-17-15-30(16-18-31)29-9-2-1-3-10-29)52-40(45-42)32-19-21-38(22-20-32)51-24-8-23-49/h1-7,9-22,37,39,46,49H,8,23-28H2,(H,47,50)/t39-,42-/m0/s1. The Bertz CT molecular complexity index is 2060. The molecule has 2 atom stereocenters. The highest BCUT2D eigenvalue weighted by Gasteiger charge is 2.53. The molecule has 5 aromatic carbocycles. The molecule has 262 valence electrons. The van der Waals surface area contributed by atoms with Crippen molar-refractivity contribution in [2.45, 2.75) is 49.9 Å². The van der Waals surface area contributed by atoms with Crippen LogP contribution >= 0.6 is 0 Å². The van der Waals surface area contributed by atoms with Crippen LogP contribution in [0.4, 0.5) is 0 Å². The fourth-order valence-corrected chi connectivity index (χ4v) is 6.98. The molecule has 0 saturated carbocycles. The third-order valence-electron chi connectivity index (χ3n) is 9.67. The molecule has 0 saturated heterocycles. The molecule has 7 rings (SSSR count). The van der Waals surface area contributed by atoms with Crippen molar-refractivity contribution in [1.29, 1.82) is 0 Å². The maximum Gasteiger partial charge on any atom is 0.266 e. The molecule has 10 nitrogen and oxygen atoms in total. The third kappa shape index (κ3) is 7.55. The van der Waals surface area contributed by atoms with Crippen molar-refractivity contribution in [2.75, 3.05) is 13.2 Å². The zero-order chi connectivity index (χ0) is 35.8. The number of fused-ring (bicyclic) bond motifs is 1. The Balaban J connectivity index is 1.28. The minimum Gasteiger partial charge on any atom is -0.494 e. The molecule has 0 bridgehead atoms. The van der Waals surface area contributed by atoms with Gasteiger partial charge in [0.25, 0.3) is 5.91 Å². The number of nitrogens with zero attached hydrogens (tertiary/aromatic N) is 4. The first-order chi connectivity index (χ1) is 25.6. The molecular weight excluding hydrogens is 652 g/mol. The summed E-state index contributed by atoms with van der Waals surface area (Å²) in [6.45, 7) is 0.579. The molecule has 1 aliphatic carbocycles. The molecule has 10 heteroatoms. The highest BCUT2D eigenvalue weighted by molar-refractivity contribution is 6.01. The van der Waals surface area contributed by atoms with Crippen molar-refractivity contribution in [2.24, 2.45) is 10.1 Å². The number of hydrogen-bond acceptors (Lipinski definition) is 7. The van der Waals surface area contributed by atoms with E-state index in [1.165, 1.54) is 11.1 Å². The van der Waals surface area contributed by atoms with E-state index < -0.39 is 11.6 Å². The monoisotopic (exact) mass is 692 g/mol. The first-order valence-corrected chi connectivity index (χ1v) is 17.5. The third-order valence-corrected chi connectivity index (χ3v) is 9.67. The average molecular weight is 693 g/mol. The summed E-state index contributed by atoms with van der Waals surface area (Å²) in [4.78, 5) is 23.1. The minimum absolute atomic E-state index is 0.0170. The van der Waals surface area contributed by atoms with Gasteiger partial charge in [-0.3, -0.25) is 10.2 Å². The lowest BCUT2D eigenvalue weighted by molar-refractivity contribution is -0.130. The summed E-state index contributed by atoms with van der Waals surface area (Å²) in [6.07, 6.45) is 1.49. The van der Waals surface area contributed by atoms with Crippen molar-refractivity contribution in [1.82, 2.24) is 10.9 Å². The molecule has 0 unspecified atom stereocenters. The summed E-state index contributed by atoms with van der Waals surface area (Å²) in [5.74, 6) is 0.648. The fourth-order valence-electron chi connectivity index (χ4n) is 6.98. The Morgan fingerprint density at radius 2 is 1.48 bits per heavy atom. The molecule has 0 spiro atoms. The summed E-state index contributed by atoms with van der Waals surface area (Å²) >= 11 is 0. The van der Waals surface area contributed by atoms with Crippen LogP contribution in [0.1, 0.15) is 45.9 Å². The van der Waals surface area contributed by atoms with E-state index in [2.05, 4.69) is 45.1 Å². The van der Waals surface area contributed by atoms with Gasteiger partial charge in [0.1, 0.15) is 5.75 Å². The van der Waals surface area contributed by atoms with Crippen LogP contribution in [0.25, 0.3) is 21.6 Å². The van der Waals surface area contributed by atoms with E-state index >= 15 is 0 Å². The highest BCUT2D eigenvalue weighted by atomic mass is 16.5. The van der Waals surface area contributed by atoms with E-state index in [-0.39, 0.29) is 31.5 Å². The number of ether oxygens (including phenoxy) is 2. The zero-order valence-electron chi connectivity index (χ0n) is 28.7.